The van der Waals surface area contributed by atoms with Crippen LogP contribution in [-0.4, -0.2) is 6.61 Å². The number of ether oxygens (including phenoxy) is 1. The van der Waals surface area contributed by atoms with Gasteiger partial charge in [-0.2, -0.15) is 0 Å². The molecule has 33 heavy (non-hydrogen) atoms. The van der Waals surface area contributed by atoms with E-state index in [-0.39, 0.29) is 23.6 Å². The van der Waals surface area contributed by atoms with Gasteiger partial charge in [0.2, 0.25) is 0 Å². The maximum absolute atomic E-state index is 15.1. The molecule has 0 aliphatic heterocycles. The Morgan fingerprint density at radius 2 is 1.30 bits per heavy atom. The first-order valence-electron chi connectivity index (χ1n) is 12.9. The summed E-state index contributed by atoms with van der Waals surface area (Å²) < 4.78 is 50.1. The summed E-state index contributed by atoms with van der Waals surface area (Å²) in [6.45, 7) is 4.83. The Hall–Kier alpha value is -1.97. The molecule has 0 bridgehead atoms. The number of rotatable bonds is 7. The van der Waals surface area contributed by atoms with Crippen molar-refractivity contribution in [2.45, 2.75) is 95.8 Å². The molecule has 0 aromatic heterocycles. The second-order valence-electron chi connectivity index (χ2n) is 10.3. The number of benzene rings is 2. The average molecular weight is 459 g/mol. The summed E-state index contributed by atoms with van der Waals surface area (Å²) >= 11 is 0. The smallest absolute Gasteiger partial charge is 0.165 e. The zero-order valence-electron chi connectivity index (χ0n) is 20.0. The van der Waals surface area contributed by atoms with Gasteiger partial charge in [0.1, 0.15) is 0 Å². The van der Waals surface area contributed by atoms with Gasteiger partial charge in [0.25, 0.3) is 0 Å². The normalized spacial score (nSPS) is 25.7. The summed E-state index contributed by atoms with van der Waals surface area (Å²) in [5.74, 6) is -0.178. The highest BCUT2D eigenvalue weighted by Crippen LogP contribution is 2.43. The van der Waals surface area contributed by atoms with Crippen LogP contribution >= 0.6 is 0 Å². The predicted molar refractivity (Wildman–Crippen MR) is 127 cm³/mol. The van der Waals surface area contributed by atoms with E-state index in [0.717, 1.165) is 69.8 Å². The van der Waals surface area contributed by atoms with Crippen molar-refractivity contribution in [1.82, 2.24) is 0 Å². The molecular weight excluding hydrogens is 421 g/mol. The third-order valence-corrected chi connectivity index (χ3v) is 7.95. The first-order valence-corrected chi connectivity index (χ1v) is 12.9. The molecule has 2 saturated carbocycles. The quantitative estimate of drug-likeness (QED) is 0.376. The lowest BCUT2D eigenvalue weighted by Gasteiger charge is -2.30. The largest absolute Gasteiger partial charge is 0.491 e. The molecule has 0 saturated heterocycles. The Balaban J connectivity index is 1.39. The average Bonchev–Trinajstić information content (AvgIpc) is 2.83. The summed E-state index contributed by atoms with van der Waals surface area (Å²) in [7, 11) is 0. The van der Waals surface area contributed by atoms with Crippen molar-refractivity contribution in [1.29, 1.82) is 0 Å². The Bertz CT molecular complexity index is 925. The van der Waals surface area contributed by atoms with Crippen LogP contribution < -0.4 is 4.74 Å². The van der Waals surface area contributed by atoms with Crippen molar-refractivity contribution in [3.63, 3.8) is 0 Å². The highest BCUT2D eigenvalue weighted by atomic mass is 19.2. The van der Waals surface area contributed by atoms with Crippen LogP contribution in [0, 0.1) is 23.4 Å². The van der Waals surface area contributed by atoms with E-state index in [1.807, 2.05) is 18.2 Å². The molecule has 1 nitrogen and oxygen atoms in total. The molecule has 0 spiro atoms. The minimum absolute atomic E-state index is 0.0256. The minimum atomic E-state index is -0.644. The molecule has 4 rings (SSSR count). The van der Waals surface area contributed by atoms with Crippen molar-refractivity contribution < 1.29 is 17.9 Å². The van der Waals surface area contributed by atoms with Crippen LogP contribution in [0.5, 0.6) is 5.75 Å². The summed E-state index contributed by atoms with van der Waals surface area (Å²) in [5, 5.41) is 0. The highest BCUT2D eigenvalue weighted by molar-refractivity contribution is 5.34. The van der Waals surface area contributed by atoms with Crippen molar-refractivity contribution in [3.8, 4) is 5.75 Å². The highest BCUT2D eigenvalue weighted by Gasteiger charge is 2.29. The van der Waals surface area contributed by atoms with Crippen LogP contribution in [0.2, 0.25) is 0 Å². The van der Waals surface area contributed by atoms with Gasteiger partial charge >= 0.3 is 0 Å². The monoisotopic (exact) mass is 458 g/mol. The van der Waals surface area contributed by atoms with E-state index in [9.17, 15) is 4.39 Å². The van der Waals surface area contributed by atoms with E-state index in [4.69, 9.17) is 4.74 Å². The second-order valence-corrected chi connectivity index (χ2v) is 10.3. The zero-order valence-corrected chi connectivity index (χ0v) is 20.0. The van der Waals surface area contributed by atoms with Gasteiger partial charge in [-0.3, -0.25) is 0 Å². The van der Waals surface area contributed by atoms with Gasteiger partial charge in [0.15, 0.2) is 23.2 Å². The van der Waals surface area contributed by atoms with Gasteiger partial charge in [-0.1, -0.05) is 51.3 Å². The van der Waals surface area contributed by atoms with Crippen LogP contribution in [-0.2, 0) is 0 Å². The summed E-state index contributed by atoms with van der Waals surface area (Å²) in [5.41, 5.74) is 2.06. The van der Waals surface area contributed by atoms with Gasteiger partial charge in [-0.15, -0.1) is 0 Å². The minimum Gasteiger partial charge on any atom is -0.491 e. The Morgan fingerprint density at radius 1 is 0.758 bits per heavy atom. The number of hydrogen-bond acceptors (Lipinski definition) is 1. The summed E-state index contributed by atoms with van der Waals surface area (Å²) in [6.07, 6.45) is 9.26. The standard InChI is InChI=1S/C29H37F3O/c1-3-4-17-33-27-16-13-23(18-26(27)30)20-9-11-22(12-10-20)25-15-14-24(28(31)29(25)32)21-7-5-19(2)6-8-21/h13-16,18-22H,3-12,17H2,1-2H3. The molecule has 2 aliphatic carbocycles. The third kappa shape index (κ3) is 5.58. The van der Waals surface area contributed by atoms with E-state index >= 15 is 8.78 Å². The van der Waals surface area contributed by atoms with Crippen molar-refractivity contribution >= 4 is 0 Å². The fraction of sp³-hybridized carbons (Fsp3) is 0.586. The Morgan fingerprint density at radius 3 is 1.85 bits per heavy atom. The molecule has 0 amide bonds. The maximum Gasteiger partial charge on any atom is 0.165 e. The molecule has 4 heteroatoms. The number of unbranched alkanes of at least 4 members (excludes halogenated alkanes) is 1. The van der Waals surface area contributed by atoms with Crippen LogP contribution in [0.25, 0.3) is 0 Å². The van der Waals surface area contributed by atoms with E-state index in [0.29, 0.717) is 29.4 Å². The Labute approximate surface area is 196 Å². The predicted octanol–water partition coefficient (Wildman–Crippen LogP) is 9.02. The van der Waals surface area contributed by atoms with Gasteiger partial charge in [-0.25, -0.2) is 13.2 Å². The lowest BCUT2D eigenvalue weighted by atomic mass is 9.75. The Kier molecular flexibility index (Phi) is 8.03. The molecule has 0 atom stereocenters. The molecule has 2 fully saturated rings. The third-order valence-electron chi connectivity index (χ3n) is 7.95. The van der Waals surface area contributed by atoms with Gasteiger partial charge in [0.05, 0.1) is 6.61 Å². The fourth-order valence-electron chi connectivity index (χ4n) is 5.73. The number of hydrogen-bond donors (Lipinski definition) is 0. The van der Waals surface area contributed by atoms with E-state index in [2.05, 4.69) is 13.8 Å². The molecule has 2 aliphatic rings. The molecule has 0 radical (unpaired) electrons. The maximum atomic E-state index is 15.1. The van der Waals surface area contributed by atoms with Crippen molar-refractivity contribution in [2.24, 2.45) is 5.92 Å². The van der Waals surface area contributed by atoms with E-state index < -0.39 is 11.6 Å². The van der Waals surface area contributed by atoms with Gasteiger partial charge in [0, 0.05) is 0 Å². The van der Waals surface area contributed by atoms with E-state index in [1.165, 1.54) is 0 Å². The van der Waals surface area contributed by atoms with E-state index in [1.54, 1.807) is 12.1 Å². The van der Waals surface area contributed by atoms with Gasteiger partial charge in [-0.05, 0) is 97.4 Å². The van der Waals surface area contributed by atoms with Crippen molar-refractivity contribution in [3.05, 3.63) is 64.5 Å². The lowest BCUT2D eigenvalue weighted by molar-refractivity contribution is 0.293. The van der Waals surface area contributed by atoms with Crippen LogP contribution in [0.15, 0.2) is 30.3 Å². The molecular formula is C29H37F3O. The van der Waals surface area contributed by atoms with Crippen molar-refractivity contribution in [2.75, 3.05) is 6.61 Å². The fourth-order valence-corrected chi connectivity index (χ4v) is 5.73. The number of halogens is 3. The van der Waals surface area contributed by atoms with Crippen LogP contribution in [0.3, 0.4) is 0 Å². The van der Waals surface area contributed by atoms with Crippen LogP contribution in [0.4, 0.5) is 13.2 Å². The summed E-state index contributed by atoms with van der Waals surface area (Å²) in [6, 6.07) is 8.94. The summed E-state index contributed by atoms with van der Waals surface area (Å²) in [4.78, 5) is 0. The first kappa shape index (κ1) is 24.2. The molecule has 2 aromatic rings. The second kappa shape index (κ2) is 11.0. The zero-order chi connectivity index (χ0) is 23.4. The first-order chi connectivity index (χ1) is 16.0. The lowest BCUT2D eigenvalue weighted by Crippen LogP contribution is -2.16. The molecule has 2 aromatic carbocycles. The SMILES string of the molecule is CCCCOc1ccc(C2CCC(c3ccc(C4CCC(C)CC4)c(F)c3F)CC2)cc1F. The molecule has 0 unspecified atom stereocenters. The topological polar surface area (TPSA) is 9.23 Å². The molecule has 180 valence electrons. The van der Waals surface area contributed by atoms with Crippen LogP contribution in [0.1, 0.15) is 112 Å². The molecule has 0 heterocycles. The molecule has 0 N–H and O–H groups in total. The van der Waals surface area contributed by atoms with Gasteiger partial charge < -0.3 is 4.74 Å².